The van der Waals surface area contributed by atoms with Gasteiger partial charge in [0.15, 0.2) is 0 Å². The molecule has 1 N–H and O–H groups in total. The van der Waals surface area contributed by atoms with Crippen molar-refractivity contribution in [2.45, 2.75) is 57.8 Å². The Labute approximate surface area is 202 Å². The highest BCUT2D eigenvalue weighted by Crippen LogP contribution is 2.36. The van der Waals surface area contributed by atoms with Crippen LogP contribution in [-0.4, -0.2) is 12.1 Å². The molecule has 0 aliphatic heterocycles. The van der Waals surface area contributed by atoms with E-state index in [1.54, 1.807) is 11.9 Å². The topological polar surface area (TPSA) is 35.8 Å². The molecule has 0 heterocycles. The molecule has 0 spiro atoms. The van der Waals surface area contributed by atoms with Crippen LogP contribution in [0.1, 0.15) is 67.3 Å². The molecule has 0 saturated heterocycles. The average molecular weight is 476 g/mol. The first kappa shape index (κ1) is 25.7. The summed E-state index contributed by atoms with van der Waals surface area (Å²) < 4.78 is 3.20. The number of hydrogen-bond acceptors (Lipinski definition) is 3. The standard InChI is InChI=1S/C26H32Cl2N2S/c1-19(30-31-4)8-5-6-9-20-11-13-22(14-12-20)26(2,3)23-16-21(18-29)24(10-7-15-27)25(28)17-23/h11-14,16-17,30H,1,5-10,15H2,2-4H3. The summed E-state index contributed by atoms with van der Waals surface area (Å²) in [7, 11) is 0. The van der Waals surface area contributed by atoms with E-state index in [-0.39, 0.29) is 5.41 Å². The van der Waals surface area contributed by atoms with Gasteiger partial charge in [0.1, 0.15) is 0 Å². The van der Waals surface area contributed by atoms with E-state index in [0.29, 0.717) is 16.5 Å². The van der Waals surface area contributed by atoms with Crippen LogP contribution in [0.4, 0.5) is 0 Å². The van der Waals surface area contributed by atoms with Gasteiger partial charge in [0, 0.05) is 28.3 Å². The number of rotatable bonds is 12. The number of benzene rings is 2. The molecular formula is C26H32Cl2N2S. The molecule has 0 unspecified atom stereocenters. The average Bonchev–Trinajstić information content (AvgIpc) is 2.76. The zero-order chi connectivity index (χ0) is 22.9. The Balaban J connectivity index is 2.11. The normalized spacial score (nSPS) is 11.2. The molecule has 2 rings (SSSR count). The number of hydrogen-bond donors (Lipinski definition) is 1. The van der Waals surface area contributed by atoms with Crippen molar-refractivity contribution in [3.8, 4) is 6.07 Å². The second-order valence-electron chi connectivity index (χ2n) is 8.33. The first-order chi connectivity index (χ1) is 14.8. The highest BCUT2D eigenvalue weighted by atomic mass is 35.5. The molecule has 0 aromatic heterocycles. The molecule has 31 heavy (non-hydrogen) atoms. The van der Waals surface area contributed by atoms with Gasteiger partial charge < -0.3 is 4.72 Å². The summed E-state index contributed by atoms with van der Waals surface area (Å²) in [5, 5.41) is 10.3. The van der Waals surface area contributed by atoms with Gasteiger partial charge in [-0.05, 0) is 72.9 Å². The van der Waals surface area contributed by atoms with E-state index >= 15 is 0 Å². The third-order valence-electron chi connectivity index (χ3n) is 5.71. The van der Waals surface area contributed by atoms with Crippen molar-refractivity contribution in [1.82, 2.24) is 4.72 Å². The third-order valence-corrected chi connectivity index (χ3v) is 6.81. The number of allylic oxidation sites excluding steroid dienone is 1. The van der Waals surface area contributed by atoms with Crippen molar-refractivity contribution >= 4 is 35.1 Å². The summed E-state index contributed by atoms with van der Waals surface area (Å²) in [4.78, 5) is 0. The lowest BCUT2D eigenvalue weighted by Crippen LogP contribution is -2.19. The van der Waals surface area contributed by atoms with Crippen LogP contribution in [0.15, 0.2) is 48.7 Å². The second kappa shape index (κ2) is 12.4. The van der Waals surface area contributed by atoms with Crippen molar-refractivity contribution in [1.29, 1.82) is 5.26 Å². The maximum atomic E-state index is 9.65. The maximum absolute atomic E-state index is 9.65. The van der Waals surface area contributed by atoms with Gasteiger partial charge >= 0.3 is 0 Å². The fraction of sp³-hybridized carbons (Fsp3) is 0.423. The van der Waals surface area contributed by atoms with E-state index in [1.165, 1.54) is 11.1 Å². The first-order valence-corrected chi connectivity index (χ1v) is 12.8. The lowest BCUT2D eigenvalue weighted by atomic mass is 9.77. The van der Waals surface area contributed by atoms with Crippen molar-refractivity contribution in [2.24, 2.45) is 0 Å². The van der Waals surface area contributed by atoms with Gasteiger partial charge in [0.25, 0.3) is 0 Å². The fourth-order valence-electron chi connectivity index (χ4n) is 3.71. The molecule has 2 aromatic rings. The van der Waals surface area contributed by atoms with E-state index in [4.69, 9.17) is 23.2 Å². The van der Waals surface area contributed by atoms with Gasteiger partial charge in [-0.1, -0.05) is 68.2 Å². The Morgan fingerprint density at radius 3 is 2.42 bits per heavy atom. The van der Waals surface area contributed by atoms with Gasteiger partial charge in [0.2, 0.25) is 0 Å². The van der Waals surface area contributed by atoms with Gasteiger partial charge in [-0.15, -0.1) is 11.6 Å². The van der Waals surface area contributed by atoms with Crippen LogP contribution < -0.4 is 4.72 Å². The van der Waals surface area contributed by atoms with Crippen LogP contribution in [-0.2, 0) is 18.3 Å². The van der Waals surface area contributed by atoms with Crippen molar-refractivity contribution in [3.05, 3.63) is 81.5 Å². The minimum atomic E-state index is -0.250. The predicted molar refractivity (Wildman–Crippen MR) is 137 cm³/mol. The number of unbranched alkanes of at least 4 members (excludes halogenated alkanes) is 1. The van der Waals surface area contributed by atoms with Crippen LogP contribution in [0.25, 0.3) is 0 Å². The maximum Gasteiger partial charge on any atom is 0.0995 e. The quantitative estimate of drug-likeness (QED) is 0.193. The Morgan fingerprint density at radius 1 is 1.10 bits per heavy atom. The predicted octanol–water partition coefficient (Wildman–Crippen LogP) is 7.80. The Kier molecular flexibility index (Phi) is 10.3. The van der Waals surface area contributed by atoms with Crippen molar-refractivity contribution < 1.29 is 0 Å². The highest BCUT2D eigenvalue weighted by molar-refractivity contribution is 7.96. The Hall–Kier alpha value is -1.60. The molecule has 0 aliphatic rings. The summed E-state index contributed by atoms with van der Waals surface area (Å²) in [6.45, 7) is 8.38. The van der Waals surface area contributed by atoms with Crippen molar-refractivity contribution in [2.75, 3.05) is 12.1 Å². The van der Waals surface area contributed by atoms with E-state index in [0.717, 1.165) is 55.3 Å². The summed E-state index contributed by atoms with van der Waals surface area (Å²) in [6, 6.07) is 15.1. The zero-order valence-electron chi connectivity index (χ0n) is 18.7. The molecule has 0 fully saturated rings. The van der Waals surface area contributed by atoms with Crippen molar-refractivity contribution in [3.63, 3.8) is 0 Å². The molecule has 2 aromatic carbocycles. The lowest BCUT2D eigenvalue weighted by molar-refractivity contribution is 0.639. The lowest BCUT2D eigenvalue weighted by Gasteiger charge is -2.27. The zero-order valence-corrected chi connectivity index (χ0v) is 21.1. The second-order valence-corrected chi connectivity index (χ2v) is 9.72. The van der Waals surface area contributed by atoms with Crippen LogP contribution >= 0.6 is 35.1 Å². The molecule has 0 radical (unpaired) electrons. The summed E-state index contributed by atoms with van der Waals surface area (Å²) >= 11 is 14.0. The highest BCUT2D eigenvalue weighted by Gasteiger charge is 2.25. The van der Waals surface area contributed by atoms with E-state index < -0.39 is 0 Å². The number of nitrogens with zero attached hydrogens (tertiary/aromatic N) is 1. The minimum Gasteiger partial charge on any atom is -0.334 e. The molecule has 0 bridgehead atoms. The van der Waals surface area contributed by atoms with Crippen LogP contribution in [0.3, 0.4) is 0 Å². The molecule has 0 amide bonds. The molecule has 166 valence electrons. The molecule has 0 saturated carbocycles. The number of halogens is 2. The Bertz CT molecular complexity index is 914. The molecule has 2 nitrogen and oxygen atoms in total. The number of alkyl halides is 1. The number of aryl methyl sites for hydroxylation is 1. The van der Waals surface area contributed by atoms with Gasteiger partial charge in [-0.25, -0.2) is 0 Å². The van der Waals surface area contributed by atoms with Crippen LogP contribution in [0.2, 0.25) is 5.02 Å². The largest absolute Gasteiger partial charge is 0.334 e. The molecule has 0 aliphatic carbocycles. The summed E-state index contributed by atoms with van der Waals surface area (Å²) in [5.74, 6) is 0.560. The SMILES string of the molecule is C=C(CCCCc1ccc(C(C)(C)c2cc(Cl)c(CCCCl)c(C#N)c2)cc1)NSC. The van der Waals surface area contributed by atoms with E-state index in [1.807, 2.05) is 18.4 Å². The smallest absolute Gasteiger partial charge is 0.0995 e. The van der Waals surface area contributed by atoms with Gasteiger partial charge in [-0.2, -0.15) is 5.26 Å². The van der Waals surface area contributed by atoms with Gasteiger partial charge in [-0.3, -0.25) is 0 Å². The van der Waals surface area contributed by atoms with Gasteiger partial charge in [0.05, 0.1) is 11.6 Å². The molecule has 0 atom stereocenters. The van der Waals surface area contributed by atoms with E-state index in [9.17, 15) is 5.26 Å². The number of nitriles is 1. The Morgan fingerprint density at radius 2 is 1.81 bits per heavy atom. The molecule has 5 heteroatoms. The third kappa shape index (κ3) is 7.21. The first-order valence-electron chi connectivity index (χ1n) is 10.7. The molecular weight excluding hydrogens is 443 g/mol. The monoisotopic (exact) mass is 474 g/mol. The van der Waals surface area contributed by atoms with Crippen LogP contribution in [0.5, 0.6) is 0 Å². The number of nitrogens with one attached hydrogen (secondary N) is 1. The summed E-state index contributed by atoms with van der Waals surface area (Å²) in [6.07, 6.45) is 7.89. The minimum absolute atomic E-state index is 0.250. The van der Waals surface area contributed by atoms with Crippen LogP contribution in [0, 0.1) is 11.3 Å². The fourth-order valence-corrected chi connectivity index (χ4v) is 4.55. The summed E-state index contributed by atoms with van der Waals surface area (Å²) in [5.41, 5.74) is 5.99. The van der Waals surface area contributed by atoms with E-state index in [2.05, 4.69) is 55.5 Å².